The monoisotopic (exact) mass is 310 g/mol. The first-order valence-corrected chi connectivity index (χ1v) is 6.97. The van der Waals surface area contributed by atoms with E-state index in [4.69, 9.17) is 27.9 Å². The van der Waals surface area contributed by atoms with Gasteiger partial charge in [-0.1, -0.05) is 23.2 Å². The molecule has 0 heterocycles. The van der Waals surface area contributed by atoms with Crippen molar-refractivity contribution < 1.29 is 9.84 Å². The van der Waals surface area contributed by atoms with Crippen LogP contribution in [-0.4, -0.2) is 12.2 Å². The number of aryl methyl sites for hydroxylation is 2. The highest BCUT2D eigenvalue weighted by molar-refractivity contribution is 6.34. The predicted molar refractivity (Wildman–Crippen MR) is 83.0 cm³/mol. The van der Waals surface area contributed by atoms with Gasteiger partial charge in [0.2, 0.25) is 0 Å². The van der Waals surface area contributed by atoms with Gasteiger partial charge in [0.25, 0.3) is 0 Å². The topological polar surface area (TPSA) is 29.5 Å². The van der Waals surface area contributed by atoms with Crippen LogP contribution in [0.5, 0.6) is 5.75 Å². The number of hydrogen-bond donors (Lipinski definition) is 1. The Hall–Kier alpha value is -1.22. The first-order chi connectivity index (χ1) is 9.42. The summed E-state index contributed by atoms with van der Waals surface area (Å²) in [5.41, 5.74) is 3.43. The molecule has 4 heteroatoms. The Balaban J connectivity index is 2.45. The van der Waals surface area contributed by atoms with Gasteiger partial charge in [0, 0.05) is 10.0 Å². The van der Waals surface area contributed by atoms with E-state index in [1.165, 1.54) is 0 Å². The molecule has 0 aliphatic heterocycles. The van der Waals surface area contributed by atoms with Crippen molar-refractivity contribution in [2.45, 2.75) is 20.0 Å². The lowest BCUT2D eigenvalue weighted by molar-refractivity contribution is 0.220. The Morgan fingerprint density at radius 3 is 1.80 bits per heavy atom. The summed E-state index contributed by atoms with van der Waals surface area (Å²) in [6.45, 7) is 3.90. The van der Waals surface area contributed by atoms with E-state index in [2.05, 4.69) is 0 Å². The molecule has 1 N–H and O–H groups in total. The average Bonchev–Trinajstić information content (AvgIpc) is 2.36. The summed E-state index contributed by atoms with van der Waals surface area (Å²) in [4.78, 5) is 0. The zero-order valence-electron chi connectivity index (χ0n) is 11.6. The van der Waals surface area contributed by atoms with E-state index < -0.39 is 6.10 Å². The molecule has 106 valence electrons. The van der Waals surface area contributed by atoms with Crippen LogP contribution in [0.2, 0.25) is 10.0 Å². The van der Waals surface area contributed by atoms with Crippen molar-refractivity contribution >= 4 is 23.2 Å². The second-order valence-electron chi connectivity index (χ2n) is 4.79. The molecular formula is C16H16Cl2O2. The van der Waals surface area contributed by atoms with Crippen molar-refractivity contribution in [3.63, 3.8) is 0 Å². The van der Waals surface area contributed by atoms with E-state index in [9.17, 15) is 5.11 Å². The van der Waals surface area contributed by atoms with Crippen LogP contribution in [0.3, 0.4) is 0 Å². The number of aliphatic hydroxyl groups is 1. The summed E-state index contributed by atoms with van der Waals surface area (Å²) in [5.74, 6) is 0.838. The Kier molecular flexibility index (Phi) is 4.59. The minimum absolute atomic E-state index is 0.508. The summed E-state index contributed by atoms with van der Waals surface area (Å²) in [6.07, 6.45) is -0.769. The Bertz CT molecular complexity index is 595. The van der Waals surface area contributed by atoms with Crippen LogP contribution >= 0.6 is 23.2 Å². The molecule has 0 spiro atoms. The second-order valence-corrected chi connectivity index (χ2v) is 5.67. The minimum Gasteiger partial charge on any atom is -0.496 e. The highest BCUT2D eigenvalue weighted by Gasteiger charge is 2.15. The summed E-state index contributed by atoms with van der Waals surface area (Å²) in [7, 11) is 1.64. The third-order valence-corrected chi connectivity index (χ3v) is 3.64. The Labute approximate surface area is 128 Å². The number of hydrogen-bond acceptors (Lipinski definition) is 2. The van der Waals surface area contributed by atoms with Crippen molar-refractivity contribution in [2.24, 2.45) is 0 Å². The quantitative estimate of drug-likeness (QED) is 0.890. The maximum Gasteiger partial charge on any atom is 0.124 e. The highest BCUT2D eigenvalue weighted by Crippen LogP contribution is 2.32. The van der Waals surface area contributed by atoms with Crippen LogP contribution in [0, 0.1) is 13.8 Å². The van der Waals surface area contributed by atoms with Crippen LogP contribution in [0.1, 0.15) is 28.4 Å². The van der Waals surface area contributed by atoms with Crippen LogP contribution in [0.25, 0.3) is 0 Å². The van der Waals surface area contributed by atoms with Gasteiger partial charge in [0.15, 0.2) is 0 Å². The summed E-state index contributed by atoms with van der Waals surface area (Å²) >= 11 is 12.0. The molecule has 0 saturated carbocycles. The molecule has 0 bridgehead atoms. The summed E-state index contributed by atoms with van der Waals surface area (Å²) in [6, 6.07) is 8.89. The van der Waals surface area contributed by atoms with Gasteiger partial charge in [0.1, 0.15) is 11.9 Å². The van der Waals surface area contributed by atoms with Gasteiger partial charge < -0.3 is 9.84 Å². The average molecular weight is 311 g/mol. The van der Waals surface area contributed by atoms with Crippen LogP contribution in [0.4, 0.5) is 0 Å². The number of rotatable bonds is 3. The molecule has 0 aliphatic carbocycles. The molecule has 2 rings (SSSR count). The van der Waals surface area contributed by atoms with Gasteiger partial charge in [-0.2, -0.15) is 0 Å². The fraction of sp³-hybridized carbons (Fsp3) is 0.250. The van der Waals surface area contributed by atoms with E-state index in [0.29, 0.717) is 15.6 Å². The SMILES string of the molecule is COc1c(C)cc(C(O)c2cc(Cl)cc(Cl)c2)cc1C. The molecule has 2 aromatic rings. The molecule has 0 saturated heterocycles. The smallest absolute Gasteiger partial charge is 0.124 e. The van der Waals surface area contributed by atoms with Gasteiger partial charge in [-0.3, -0.25) is 0 Å². The second kappa shape index (κ2) is 6.04. The van der Waals surface area contributed by atoms with Crippen molar-refractivity contribution in [1.29, 1.82) is 0 Å². The predicted octanol–water partition coefficient (Wildman–Crippen LogP) is 4.70. The molecule has 2 aromatic carbocycles. The van der Waals surface area contributed by atoms with E-state index in [1.54, 1.807) is 25.3 Å². The maximum atomic E-state index is 10.5. The largest absolute Gasteiger partial charge is 0.496 e. The van der Waals surface area contributed by atoms with Crippen LogP contribution in [0.15, 0.2) is 30.3 Å². The maximum absolute atomic E-state index is 10.5. The molecule has 1 atom stereocenters. The first kappa shape index (κ1) is 15.2. The molecule has 0 aromatic heterocycles. The lowest BCUT2D eigenvalue weighted by Crippen LogP contribution is -2.02. The number of halogens is 2. The molecule has 0 aliphatic rings. The van der Waals surface area contributed by atoms with Gasteiger partial charge in [0.05, 0.1) is 7.11 Å². The van der Waals surface area contributed by atoms with E-state index in [1.807, 2.05) is 26.0 Å². The Morgan fingerprint density at radius 1 is 0.900 bits per heavy atom. The van der Waals surface area contributed by atoms with Crippen molar-refractivity contribution in [1.82, 2.24) is 0 Å². The zero-order chi connectivity index (χ0) is 14.9. The van der Waals surface area contributed by atoms with Crippen LogP contribution < -0.4 is 4.74 Å². The fourth-order valence-electron chi connectivity index (χ4n) is 2.39. The van der Waals surface area contributed by atoms with Crippen LogP contribution in [-0.2, 0) is 0 Å². The zero-order valence-corrected chi connectivity index (χ0v) is 13.1. The summed E-state index contributed by atoms with van der Waals surface area (Å²) < 4.78 is 5.33. The standard InChI is InChI=1S/C16H16Cl2O2/c1-9-4-11(5-10(2)16(9)20-3)15(19)12-6-13(17)8-14(18)7-12/h4-8,15,19H,1-3H3. The fourth-order valence-corrected chi connectivity index (χ4v) is 2.93. The van der Waals surface area contributed by atoms with E-state index in [0.717, 1.165) is 22.4 Å². The number of benzene rings is 2. The van der Waals surface area contributed by atoms with Crippen molar-refractivity contribution in [2.75, 3.05) is 7.11 Å². The normalized spacial score (nSPS) is 12.3. The summed E-state index contributed by atoms with van der Waals surface area (Å²) in [5, 5.41) is 11.5. The van der Waals surface area contributed by atoms with E-state index in [-0.39, 0.29) is 0 Å². The molecule has 2 nitrogen and oxygen atoms in total. The number of ether oxygens (including phenoxy) is 1. The van der Waals surface area contributed by atoms with Gasteiger partial charge in [-0.05, 0) is 66.4 Å². The third kappa shape index (κ3) is 3.09. The first-order valence-electron chi connectivity index (χ1n) is 6.21. The molecular weight excluding hydrogens is 295 g/mol. The molecule has 20 heavy (non-hydrogen) atoms. The third-order valence-electron chi connectivity index (χ3n) is 3.20. The minimum atomic E-state index is -0.769. The lowest BCUT2D eigenvalue weighted by atomic mass is 9.97. The van der Waals surface area contributed by atoms with Crippen molar-refractivity contribution in [3.8, 4) is 5.75 Å². The molecule has 1 unspecified atom stereocenters. The number of methoxy groups -OCH3 is 1. The highest BCUT2D eigenvalue weighted by atomic mass is 35.5. The van der Waals surface area contributed by atoms with Crippen molar-refractivity contribution in [3.05, 3.63) is 62.6 Å². The van der Waals surface area contributed by atoms with Gasteiger partial charge >= 0.3 is 0 Å². The molecule has 0 radical (unpaired) electrons. The molecule has 0 amide bonds. The van der Waals surface area contributed by atoms with E-state index >= 15 is 0 Å². The van der Waals surface area contributed by atoms with Gasteiger partial charge in [-0.15, -0.1) is 0 Å². The Morgan fingerprint density at radius 2 is 1.35 bits per heavy atom. The molecule has 0 fully saturated rings. The van der Waals surface area contributed by atoms with Gasteiger partial charge in [-0.25, -0.2) is 0 Å². The lowest BCUT2D eigenvalue weighted by Gasteiger charge is -2.16. The number of aliphatic hydroxyl groups excluding tert-OH is 1.